The van der Waals surface area contributed by atoms with Gasteiger partial charge in [0, 0.05) is 23.1 Å². The van der Waals surface area contributed by atoms with Crippen molar-refractivity contribution in [3.63, 3.8) is 0 Å². The number of fused-ring (bicyclic) bond motifs is 1. The number of para-hydroxylation sites is 1. The third kappa shape index (κ3) is 4.46. The van der Waals surface area contributed by atoms with Gasteiger partial charge in [0.25, 0.3) is 0 Å². The molecule has 5 nitrogen and oxygen atoms in total. The van der Waals surface area contributed by atoms with Crippen molar-refractivity contribution in [3.05, 3.63) is 103 Å². The predicted molar refractivity (Wildman–Crippen MR) is 149 cm³/mol. The van der Waals surface area contributed by atoms with E-state index < -0.39 is 0 Å². The average molecular weight is 489 g/mol. The Kier molecular flexibility index (Phi) is 6.13. The minimum absolute atomic E-state index is 0.0168. The maximum Gasteiger partial charge on any atom is 0.230 e. The van der Waals surface area contributed by atoms with E-state index in [9.17, 15) is 4.79 Å². The molecule has 1 amide bonds. The smallest absolute Gasteiger partial charge is 0.230 e. The quantitative estimate of drug-likeness (QED) is 0.263. The molecule has 1 aliphatic rings. The molecule has 3 aromatic carbocycles. The number of aromatic amines is 2. The molecule has 37 heavy (non-hydrogen) atoms. The van der Waals surface area contributed by atoms with Crippen molar-refractivity contribution in [2.24, 2.45) is 5.92 Å². The number of benzene rings is 3. The molecule has 1 aliphatic heterocycles. The number of aromatic nitrogens is 3. The number of imidazole rings is 1. The fourth-order valence-corrected chi connectivity index (χ4v) is 5.68. The fourth-order valence-electron chi connectivity index (χ4n) is 5.68. The SMILES string of the molecule is CC(C)C(C(=O)N1CCC[C@H]1c1ncc(-c2ccc(-c3cc4ccccc4[nH]3)cc2)[nH]1)c1ccccc1. The molecule has 6 rings (SSSR count). The van der Waals surface area contributed by atoms with Crippen molar-refractivity contribution in [1.29, 1.82) is 0 Å². The highest BCUT2D eigenvalue weighted by Gasteiger charge is 2.37. The lowest BCUT2D eigenvalue weighted by molar-refractivity contribution is -0.135. The summed E-state index contributed by atoms with van der Waals surface area (Å²) in [5.41, 5.74) is 6.54. The summed E-state index contributed by atoms with van der Waals surface area (Å²) in [5.74, 6) is 1.15. The third-order valence-corrected chi connectivity index (χ3v) is 7.58. The van der Waals surface area contributed by atoms with Gasteiger partial charge in [0.05, 0.1) is 23.9 Å². The highest BCUT2D eigenvalue weighted by molar-refractivity contribution is 5.86. The fraction of sp³-hybridized carbons (Fsp3) is 0.250. The maximum atomic E-state index is 13.8. The number of carbonyl (C=O) groups excluding carboxylic acids is 1. The second-order valence-electron chi connectivity index (χ2n) is 10.4. The average Bonchev–Trinajstić information content (AvgIpc) is 3.68. The van der Waals surface area contributed by atoms with Crippen molar-refractivity contribution in [3.8, 4) is 22.5 Å². The van der Waals surface area contributed by atoms with E-state index in [1.165, 1.54) is 5.39 Å². The summed E-state index contributed by atoms with van der Waals surface area (Å²) < 4.78 is 0. The minimum atomic E-state index is -0.145. The van der Waals surface area contributed by atoms with Crippen LogP contribution in [0, 0.1) is 5.92 Å². The van der Waals surface area contributed by atoms with Gasteiger partial charge in [-0.1, -0.05) is 86.6 Å². The molecule has 2 N–H and O–H groups in total. The molecule has 1 fully saturated rings. The van der Waals surface area contributed by atoms with E-state index in [2.05, 4.69) is 84.5 Å². The Morgan fingerprint density at radius 3 is 2.32 bits per heavy atom. The van der Waals surface area contributed by atoms with Crippen LogP contribution in [0.5, 0.6) is 0 Å². The lowest BCUT2D eigenvalue weighted by atomic mass is 9.87. The van der Waals surface area contributed by atoms with Gasteiger partial charge in [0.1, 0.15) is 5.82 Å². The molecule has 2 aromatic heterocycles. The second kappa shape index (κ2) is 9.74. The number of hydrogen-bond donors (Lipinski definition) is 2. The zero-order chi connectivity index (χ0) is 25.4. The van der Waals surface area contributed by atoms with E-state index in [4.69, 9.17) is 4.98 Å². The summed E-state index contributed by atoms with van der Waals surface area (Å²) in [6.07, 6.45) is 3.81. The first-order chi connectivity index (χ1) is 18.1. The van der Waals surface area contributed by atoms with E-state index >= 15 is 0 Å². The molecule has 1 unspecified atom stereocenters. The number of carbonyl (C=O) groups is 1. The Balaban J connectivity index is 1.22. The van der Waals surface area contributed by atoms with Crippen molar-refractivity contribution in [2.45, 2.75) is 38.6 Å². The number of amides is 1. The first-order valence-corrected chi connectivity index (χ1v) is 13.2. The van der Waals surface area contributed by atoms with E-state index in [0.717, 1.165) is 58.8 Å². The lowest BCUT2D eigenvalue weighted by Gasteiger charge is -2.30. The van der Waals surface area contributed by atoms with E-state index in [1.54, 1.807) is 0 Å². The number of nitrogens with zero attached hydrogens (tertiary/aromatic N) is 2. The van der Waals surface area contributed by atoms with Crippen LogP contribution < -0.4 is 0 Å². The molecule has 0 radical (unpaired) electrons. The normalized spacial score (nSPS) is 16.5. The Morgan fingerprint density at radius 1 is 0.892 bits per heavy atom. The standard InChI is InChI=1S/C32H32N4O/c1-21(2)30(24-9-4-3-5-10-24)32(37)36-18-8-13-29(36)31-33-20-28(35-31)23-16-14-22(15-17-23)27-19-25-11-6-7-12-26(25)34-27/h3-7,9-12,14-17,19-21,29-30,34H,8,13,18H2,1-2H3,(H,33,35)/t29-,30?/m0/s1. The van der Waals surface area contributed by atoms with Crippen molar-refractivity contribution in [2.75, 3.05) is 6.54 Å². The molecule has 3 heterocycles. The Morgan fingerprint density at radius 2 is 1.59 bits per heavy atom. The summed E-state index contributed by atoms with van der Waals surface area (Å²) in [4.78, 5) is 27.6. The molecular formula is C32H32N4O. The maximum absolute atomic E-state index is 13.8. The second-order valence-corrected chi connectivity index (χ2v) is 10.4. The number of nitrogens with one attached hydrogen (secondary N) is 2. The molecule has 2 atom stereocenters. The number of H-pyrrole nitrogens is 2. The van der Waals surface area contributed by atoms with Gasteiger partial charge in [0.15, 0.2) is 0 Å². The monoisotopic (exact) mass is 488 g/mol. The van der Waals surface area contributed by atoms with Crippen LogP contribution in [0.25, 0.3) is 33.4 Å². The van der Waals surface area contributed by atoms with E-state index in [0.29, 0.717) is 0 Å². The van der Waals surface area contributed by atoms with Crippen molar-refractivity contribution >= 4 is 16.8 Å². The minimum Gasteiger partial charge on any atom is -0.355 e. The molecule has 0 spiro atoms. The number of rotatable bonds is 6. The van der Waals surface area contributed by atoms with Gasteiger partial charge in [-0.15, -0.1) is 0 Å². The summed E-state index contributed by atoms with van der Waals surface area (Å²) >= 11 is 0. The van der Waals surface area contributed by atoms with Gasteiger partial charge in [-0.25, -0.2) is 4.98 Å². The topological polar surface area (TPSA) is 64.8 Å². The molecular weight excluding hydrogens is 456 g/mol. The summed E-state index contributed by atoms with van der Waals surface area (Å²) in [7, 11) is 0. The van der Waals surface area contributed by atoms with Crippen molar-refractivity contribution < 1.29 is 4.79 Å². The number of hydrogen-bond acceptors (Lipinski definition) is 2. The van der Waals surface area contributed by atoms with Crippen LogP contribution in [0.3, 0.4) is 0 Å². The molecule has 1 saturated heterocycles. The van der Waals surface area contributed by atoms with E-state index in [-0.39, 0.29) is 23.8 Å². The van der Waals surface area contributed by atoms with Crippen LogP contribution in [-0.2, 0) is 4.79 Å². The van der Waals surface area contributed by atoms with Crippen LogP contribution in [-0.4, -0.2) is 32.3 Å². The molecule has 0 saturated carbocycles. The van der Waals surface area contributed by atoms with Gasteiger partial charge < -0.3 is 14.9 Å². The van der Waals surface area contributed by atoms with Crippen LogP contribution in [0.1, 0.15) is 50.0 Å². The Bertz CT molecular complexity index is 1480. The zero-order valence-corrected chi connectivity index (χ0v) is 21.3. The van der Waals surface area contributed by atoms with Crippen LogP contribution >= 0.6 is 0 Å². The first kappa shape index (κ1) is 23.3. The Labute approximate surface area is 217 Å². The molecule has 0 bridgehead atoms. The third-order valence-electron chi connectivity index (χ3n) is 7.58. The first-order valence-electron chi connectivity index (χ1n) is 13.2. The molecule has 0 aliphatic carbocycles. The highest BCUT2D eigenvalue weighted by Crippen LogP contribution is 2.36. The largest absolute Gasteiger partial charge is 0.355 e. The number of likely N-dealkylation sites (tertiary alicyclic amines) is 1. The predicted octanol–water partition coefficient (Wildman–Crippen LogP) is 7.33. The summed E-state index contributed by atoms with van der Waals surface area (Å²) in [5, 5.41) is 1.21. The molecule has 186 valence electrons. The van der Waals surface area contributed by atoms with Crippen LogP contribution in [0.4, 0.5) is 0 Å². The summed E-state index contributed by atoms with van der Waals surface area (Å²) in [6.45, 7) is 5.03. The van der Waals surface area contributed by atoms with Gasteiger partial charge in [-0.05, 0) is 47.6 Å². The van der Waals surface area contributed by atoms with Gasteiger partial charge >= 0.3 is 0 Å². The van der Waals surface area contributed by atoms with Gasteiger partial charge in [-0.2, -0.15) is 0 Å². The van der Waals surface area contributed by atoms with Gasteiger partial charge in [0.2, 0.25) is 5.91 Å². The Hall–Kier alpha value is -4.12. The summed E-state index contributed by atoms with van der Waals surface area (Å²) in [6, 6.07) is 29.2. The van der Waals surface area contributed by atoms with Crippen molar-refractivity contribution in [1.82, 2.24) is 19.9 Å². The van der Waals surface area contributed by atoms with E-state index in [1.807, 2.05) is 35.4 Å². The molecule has 5 aromatic rings. The highest BCUT2D eigenvalue weighted by atomic mass is 16.2. The lowest BCUT2D eigenvalue weighted by Crippen LogP contribution is -2.37. The van der Waals surface area contributed by atoms with Crippen LogP contribution in [0.15, 0.2) is 91.1 Å². The molecule has 5 heteroatoms. The van der Waals surface area contributed by atoms with Gasteiger partial charge in [-0.3, -0.25) is 4.79 Å². The zero-order valence-electron chi connectivity index (χ0n) is 21.3. The van der Waals surface area contributed by atoms with Crippen LogP contribution in [0.2, 0.25) is 0 Å².